The van der Waals surface area contributed by atoms with Crippen LogP contribution in [0.5, 0.6) is 0 Å². The lowest BCUT2D eigenvalue weighted by Gasteiger charge is -2.30. The normalized spacial score (nSPS) is 25.9. The fourth-order valence-electron chi connectivity index (χ4n) is 1.83. The number of carbonyl (C=O) groups is 1. The number of rotatable bonds is 2. The zero-order valence-electron chi connectivity index (χ0n) is 10.9. The molecule has 106 valence electrons. The van der Waals surface area contributed by atoms with Crippen molar-refractivity contribution in [2.45, 2.75) is 58.7 Å². The van der Waals surface area contributed by atoms with E-state index in [1.54, 1.807) is 20.8 Å². The molecule has 0 unspecified atom stereocenters. The van der Waals surface area contributed by atoms with E-state index >= 15 is 0 Å². The SMILES string of the molecule is CC(C)(C)C(=O)ONC1CCC(C(F)(F)F)CC1. The first kappa shape index (κ1) is 15.3. The van der Waals surface area contributed by atoms with E-state index < -0.39 is 23.5 Å². The van der Waals surface area contributed by atoms with Gasteiger partial charge in [-0.3, -0.25) is 0 Å². The van der Waals surface area contributed by atoms with Gasteiger partial charge in [-0.25, -0.2) is 4.79 Å². The summed E-state index contributed by atoms with van der Waals surface area (Å²) in [5, 5.41) is 0. The van der Waals surface area contributed by atoms with E-state index in [0.29, 0.717) is 12.8 Å². The Morgan fingerprint density at radius 1 is 1.11 bits per heavy atom. The molecular weight excluding hydrogens is 247 g/mol. The minimum Gasteiger partial charge on any atom is -0.370 e. The summed E-state index contributed by atoms with van der Waals surface area (Å²) in [6.07, 6.45) is -3.17. The zero-order valence-corrected chi connectivity index (χ0v) is 10.9. The Bertz CT molecular complexity index is 289. The third kappa shape index (κ3) is 4.48. The first-order chi connectivity index (χ1) is 8.10. The summed E-state index contributed by atoms with van der Waals surface area (Å²) in [5.74, 6) is -1.62. The molecule has 1 rings (SSSR count). The van der Waals surface area contributed by atoms with Gasteiger partial charge in [-0.1, -0.05) is 0 Å². The summed E-state index contributed by atoms with van der Waals surface area (Å²) in [7, 11) is 0. The molecule has 0 aromatic heterocycles. The number of nitrogens with one attached hydrogen (secondary N) is 1. The van der Waals surface area contributed by atoms with Gasteiger partial charge in [0.1, 0.15) is 0 Å². The molecule has 0 amide bonds. The van der Waals surface area contributed by atoms with Crippen LogP contribution in [0, 0.1) is 11.3 Å². The van der Waals surface area contributed by atoms with E-state index in [0.717, 1.165) is 0 Å². The third-order valence-corrected chi connectivity index (χ3v) is 3.12. The maximum absolute atomic E-state index is 12.4. The number of alkyl halides is 3. The van der Waals surface area contributed by atoms with Gasteiger partial charge in [0, 0.05) is 6.04 Å². The quantitative estimate of drug-likeness (QED) is 0.781. The van der Waals surface area contributed by atoms with Crippen LogP contribution in [0.3, 0.4) is 0 Å². The average molecular weight is 267 g/mol. The van der Waals surface area contributed by atoms with Crippen molar-refractivity contribution in [3.63, 3.8) is 0 Å². The van der Waals surface area contributed by atoms with Crippen molar-refractivity contribution in [1.29, 1.82) is 0 Å². The Morgan fingerprint density at radius 2 is 1.61 bits per heavy atom. The van der Waals surface area contributed by atoms with Gasteiger partial charge in [-0.15, -0.1) is 0 Å². The minimum atomic E-state index is -4.10. The number of hydrogen-bond donors (Lipinski definition) is 1. The first-order valence-electron chi connectivity index (χ1n) is 6.14. The van der Waals surface area contributed by atoms with E-state index in [9.17, 15) is 18.0 Å². The van der Waals surface area contributed by atoms with Crippen LogP contribution in [-0.2, 0) is 9.63 Å². The lowest BCUT2D eigenvalue weighted by Crippen LogP contribution is -2.40. The predicted molar refractivity (Wildman–Crippen MR) is 60.5 cm³/mol. The molecule has 0 heterocycles. The molecule has 0 saturated heterocycles. The molecule has 0 bridgehead atoms. The van der Waals surface area contributed by atoms with Crippen LogP contribution in [0.4, 0.5) is 13.2 Å². The molecule has 0 radical (unpaired) electrons. The van der Waals surface area contributed by atoms with Crippen LogP contribution in [-0.4, -0.2) is 18.2 Å². The second-order valence-corrected chi connectivity index (χ2v) is 5.85. The van der Waals surface area contributed by atoms with Crippen molar-refractivity contribution in [2.24, 2.45) is 11.3 Å². The minimum absolute atomic E-state index is 0.0915. The molecule has 0 spiro atoms. The fraction of sp³-hybridized carbons (Fsp3) is 0.917. The second-order valence-electron chi connectivity index (χ2n) is 5.85. The van der Waals surface area contributed by atoms with Crippen LogP contribution in [0.25, 0.3) is 0 Å². The van der Waals surface area contributed by atoms with E-state index in [1.165, 1.54) is 0 Å². The van der Waals surface area contributed by atoms with Crippen molar-refractivity contribution >= 4 is 5.97 Å². The molecule has 1 saturated carbocycles. The highest BCUT2D eigenvalue weighted by molar-refractivity contribution is 5.75. The van der Waals surface area contributed by atoms with Crippen LogP contribution in [0.15, 0.2) is 0 Å². The van der Waals surface area contributed by atoms with Crippen molar-refractivity contribution in [1.82, 2.24) is 5.48 Å². The molecule has 18 heavy (non-hydrogen) atoms. The van der Waals surface area contributed by atoms with E-state index in [-0.39, 0.29) is 18.9 Å². The van der Waals surface area contributed by atoms with Gasteiger partial charge in [-0.2, -0.15) is 18.7 Å². The molecule has 1 N–H and O–H groups in total. The Morgan fingerprint density at radius 3 is 2.00 bits per heavy atom. The average Bonchev–Trinajstić information content (AvgIpc) is 2.24. The highest BCUT2D eigenvalue weighted by Crippen LogP contribution is 2.37. The monoisotopic (exact) mass is 267 g/mol. The summed E-state index contributed by atoms with van der Waals surface area (Å²) in [4.78, 5) is 16.4. The van der Waals surface area contributed by atoms with Crippen molar-refractivity contribution < 1.29 is 22.8 Å². The van der Waals surface area contributed by atoms with Gasteiger partial charge in [0.15, 0.2) is 0 Å². The van der Waals surface area contributed by atoms with Gasteiger partial charge in [-0.05, 0) is 46.5 Å². The van der Waals surface area contributed by atoms with E-state index in [2.05, 4.69) is 5.48 Å². The molecule has 0 aromatic rings. The number of halogens is 3. The highest BCUT2D eigenvalue weighted by atomic mass is 19.4. The third-order valence-electron chi connectivity index (χ3n) is 3.12. The first-order valence-corrected chi connectivity index (χ1v) is 6.14. The van der Waals surface area contributed by atoms with Crippen molar-refractivity contribution in [2.75, 3.05) is 0 Å². The maximum atomic E-state index is 12.4. The fourth-order valence-corrected chi connectivity index (χ4v) is 1.83. The van der Waals surface area contributed by atoms with E-state index in [1.807, 2.05) is 0 Å². The van der Waals surface area contributed by atoms with Crippen molar-refractivity contribution in [3.8, 4) is 0 Å². The molecule has 0 aliphatic heterocycles. The van der Waals surface area contributed by atoms with Gasteiger partial charge in [0.25, 0.3) is 0 Å². The molecule has 1 fully saturated rings. The standard InChI is InChI=1S/C12H20F3NO2/c1-11(2,3)10(17)18-16-9-6-4-8(5-7-9)12(13,14)15/h8-9,16H,4-7H2,1-3H3. The van der Waals surface area contributed by atoms with E-state index in [4.69, 9.17) is 4.84 Å². The lowest BCUT2D eigenvalue weighted by molar-refractivity contribution is -0.186. The molecular formula is C12H20F3NO2. The zero-order chi connectivity index (χ0) is 14.0. The summed E-state index contributed by atoms with van der Waals surface area (Å²) in [5.41, 5.74) is 1.97. The highest BCUT2D eigenvalue weighted by Gasteiger charge is 2.41. The van der Waals surface area contributed by atoms with Crippen LogP contribution >= 0.6 is 0 Å². The van der Waals surface area contributed by atoms with Crippen LogP contribution in [0.1, 0.15) is 46.5 Å². The smallest absolute Gasteiger partial charge is 0.370 e. The summed E-state index contributed by atoms with van der Waals surface area (Å²) >= 11 is 0. The Balaban J connectivity index is 2.31. The van der Waals surface area contributed by atoms with Crippen LogP contribution < -0.4 is 5.48 Å². The number of carbonyl (C=O) groups excluding carboxylic acids is 1. The Kier molecular flexibility index (Phi) is 4.64. The largest absolute Gasteiger partial charge is 0.391 e. The number of hydroxylamine groups is 1. The molecule has 0 atom stereocenters. The topological polar surface area (TPSA) is 38.3 Å². The van der Waals surface area contributed by atoms with Gasteiger partial charge >= 0.3 is 12.1 Å². The van der Waals surface area contributed by atoms with Gasteiger partial charge in [0.05, 0.1) is 11.3 Å². The predicted octanol–water partition coefficient (Wildman–Crippen LogP) is 3.20. The molecule has 6 heteroatoms. The van der Waals surface area contributed by atoms with Crippen LogP contribution in [0.2, 0.25) is 0 Å². The Hall–Kier alpha value is -0.780. The second kappa shape index (κ2) is 5.47. The lowest BCUT2D eigenvalue weighted by atomic mass is 9.86. The summed E-state index contributed by atoms with van der Waals surface area (Å²) < 4.78 is 37.3. The maximum Gasteiger partial charge on any atom is 0.391 e. The molecule has 0 aromatic carbocycles. The summed E-state index contributed by atoms with van der Waals surface area (Å²) in [6.45, 7) is 5.16. The van der Waals surface area contributed by atoms with Gasteiger partial charge < -0.3 is 4.84 Å². The van der Waals surface area contributed by atoms with Crippen molar-refractivity contribution in [3.05, 3.63) is 0 Å². The Labute approximate surface area is 105 Å². The summed E-state index contributed by atoms with van der Waals surface area (Å²) in [6, 6.07) is -0.171. The number of hydrogen-bond acceptors (Lipinski definition) is 3. The van der Waals surface area contributed by atoms with Gasteiger partial charge in [0.2, 0.25) is 0 Å². The molecule has 3 nitrogen and oxygen atoms in total. The molecule has 1 aliphatic carbocycles. The molecule has 1 aliphatic rings.